The topological polar surface area (TPSA) is 52.7 Å². The van der Waals surface area contributed by atoms with E-state index in [0.717, 1.165) is 25.3 Å². The van der Waals surface area contributed by atoms with E-state index >= 15 is 0 Å². The van der Waals surface area contributed by atoms with Crippen molar-refractivity contribution in [1.82, 2.24) is 15.1 Å². The Hall–Kier alpha value is -0.950. The first-order valence-electron chi connectivity index (χ1n) is 9.92. The van der Waals surface area contributed by atoms with E-state index in [1.54, 1.807) is 23.9 Å². The lowest BCUT2D eigenvalue weighted by Crippen LogP contribution is -2.50. The number of halogens is 2. The fourth-order valence-corrected chi connectivity index (χ4v) is 4.40. The van der Waals surface area contributed by atoms with Crippen LogP contribution >= 0.6 is 35.0 Å². The zero-order valence-electron chi connectivity index (χ0n) is 17.6. The SMILES string of the molecule is CSCCC(NC(=O)c1ccc(Cl)cc1Cl)C(=O)N1CCCN(C(C)(C)C)CC1. The van der Waals surface area contributed by atoms with E-state index in [0.29, 0.717) is 30.1 Å². The van der Waals surface area contributed by atoms with E-state index in [2.05, 4.69) is 31.0 Å². The van der Waals surface area contributed by atoms with Gasteiger partial charge in [-0.3, -0.25) is 14.5 Å². The standard InChI is InChI=1S/C21H31Cl2N3O2S/c1-21(2,3)26-10-5-9-25(11-12-26)20(28)18(8-13-29-4)24-19(27)16-7-6-15(22)14-17(16)23/h6-7,14,18H,5,8-13H2,1-4H3,(H,24,27). The first-order valence-corrected chi connectivity index (χ1v) is 12.1. The molecule has 1 aromatic rings. The van der Waals surface area contributed by atoms with Crippen LogP contribution in [0.3, 0.4) is 0 Å². The summed E-state index contributed by atoms with van der Waals surface area (Å²) < 4.78 is 0. The van der Waals surface area contributed by atoms with Crippen molar-refractivity contribution in [3.63, 3.8) is 0 Å². The van der Waals surface area contributed by atoms with Gasteiger partial charge in [0.2, 0.25) is 5.91 Å². The number of benzene rings is 1. The van der Waals surface area contributed by atoms with E-state index in [9.17, 15) is 9.59 Å². The van der Waals surface area contributed by atoms with E-state index < -0.39 is 6.04 Å². The van der Waals surface area contributed by atoms with Crippen LogP contribution in [0.2, 0.25) is 10.0 Å². The minimum absolute atomic E-state index is 0.0201. The Labute approximate surface area is 188 Å². The largest absolute Gasteiger partial charge is 0.340 e. The Bertz CT molecular complexity index is 724. The molecule has 0 saturated carbocycles. The number of rotatable bonds is 6. The summed E-state index contributed by atoms with van der Waals surface area (Å²) in [6, 6.07) is 4.18. The molecule has 1 aliphatic heterocycles. The summed E-state index contributed by atoms with van der Waals surface area (Å²) in [4.78, 5) is 30.3. The number of hydrogen-bond acceptors (Lipinski definition) is 4. The Morgan fingerprint density at radius 1 is 1.17 bits per heavy atom. The number of carbonyl (C=O) groups excluding carboxylic acids is 2. The predicted molar refractivity (Wildman–Crippen MR) is 123 cm³/mol. The van der Waals surface area contributed by atoms with Gasteiger partial charge in [-0.1, -0.05) is 23.2 Å². The lowest BCUT2D eigenvalue weighted by atomic mass is 10.1. The molecule has 0 radical (unpaired) electrons. The van der Waals surface area contributed by atoms with Gasteiger partial charge in [-0.15, -0.1) is 0 Å². The molecule has 1 heterocycles. The normalized spacial score (nSPS) is 17.0. The molecule has 0 bridgehead atoms. The van der Waals surface area contributed by atoms with Crippen molar-refractivity contribution in [2.24, 2.45) is 0 Å². The van der Waals surface area contributed by atoms with Crippen molar-refractivity contribution in [2.75, 3.05) is 38.2 Å². The summed E-state index contributed by atoms with van der Waals surface area (Å²) in [5.41, 5.74) is 0.407. The van der Waals surface area contributed by atoms with E-state index in [-0.39, 0.29) is 22.4 Å². The molecule has 1 aliphatic rings. The molecule has 1 fully saturated rings. The second kappa shape index (κ2) is 10.9. The maximum atomic E-state index is 13.2. The zero-order chi connectivity index (χ0) is 21.6. The van der Waals surface area contributed by atoms with Gasteiger partial charge in [-0.05, 0) is 63.8 Å². The van der Waals surface area contributed by atoms with Crippen LogP contribution in [0.25, 0.3) is 0 Å². The Kier molecular flexibility index (Phi) is 9.14. The zero-order valence-corrected chi connectivity index (χ0v) is 20.0. The van der Waals surface area contributed by atoms with Crippen LogP contribution in [0.15, 0.2) is 18.2 Å². The molecule has 8 heteroatoms. The van der Waals surface area contributed by atoms with Crippen LogP contribution in [0.5, 0.6) is 0 Å². The number of carbonyl (C=O) groups is 2. The third kappa shape index (κ3) is 7.06. The molecule has 162 valence electrons. The van der Waals surface area contributed by atoms with Gasteiger partial charge in [0.1, 0.15) is 6.04 Å². The number of nitrogens with one attached hydrogen (secondary N) is 1. The molecule has 0 spiro atoms. The fourth-order valence-electron chi connectivity index (χ4n) is 3.43. The highest BCUT2D eigenvalue weighted by Crippen LogP contribution is 2.22. The summed E-state index contributed by atoms with van der Waals surface area (Å²) in [7, 11) is 0. The molecule has 1 unspecified atom stereocenters. The highest BCUT2D eigenvalue weighted by molar-refractivity contribution is 7.98. The molecule has 1 saturated heterocycles. The third-order valence-electron chi connectivity index (χ3n) is 5.15. The summed E-state index contributed by atoms with van der Waals surface area (Å²) in [6.45, 7) is 9.77. The van der Waals surface area contributed by atoms with E-state index in [4.69, 9.17) is 23.2 Å². The molecule has 0 aliphatic carbocycles. The molecule has 0 aromatic heterocycles. The van der Waals surface area contributed by atoms with Crippen LogP contribution < -0.4 is 5.32 Å². The minimum Gasteiger partial charge on any atom is -0.340 e. The van der Waals surface area contributed by atoms with Gasteiger partial charge in [0.25, 0.3) is 5.91 Å². The number of amides is 2. The van der Waals surface area contributed by atoms with Gasteiger partial charge in [0.15, 0.2) is 0 Å². The van der Waals surface area contributed by atoms with E-state index in [1.165, 1.54) is 6.07 Å². The van der Waals surface area contributed by atoms with Crippen molar-refractivity contribution in [1.29, 1.82) is 0 Å². The van der Waals surface area contributed by atoms with Crippen molar-refractivity contribution < 1.29 is 9.59 Å². The number of nitrogens with zero attached hydrogens (tertiary/aromatic N) is 2. The van der Waals surface area contributed by atoms with Crippen LogP contribution in [0.1, 0.15) is 44.0 Å². The van der Waals surface area contributed by atoms with Gasteiger partial charge in [-0.2, -0.15) is 11.8 Å². The summed E-state index contributed by atoms with van der Waals surface area (Å²) in [6.07, 6.45) is 3.50. The molecule has 5 nitrogen and oxygen atoms in total. The second-order valence-electron chi connectivity index (χ2n) is 8.27. The molecule has 1 aromatic carbocycles. The lowest BCUT2D eigenvalue weighted by molar-refractivity contribution is -0.133. The smallest absolute Gasteiger partial charge is 0.253 e. The van der Waals surface area contributed by atoms with Crippen LogP contribution in [0, 0.1) is 0 Å². The summed E-state index contributed by atoms with van der Waals surface area (Å²) >= 11 is 13.8. The highest BCUT2D eigenvalue weighted by Gasteiger charge is 2.30. The average Bonchev–Trinajstić information content (AvgIpc) is 2.90. The number of thioether (sulfide) groups is 1. The molecular weight excluding hydrogens is 429 g/mol. The van der Waals surface area contributed by atoms with Crippen LogP contribution in [-0.2, 0) is 4.79 Å². The number of hydrogen-bond donors (Lipinski definition) is 1. The van der Waals surface area contributed by atoms with E-state index in [1.807, 2.05) is 11.2 Å². The van der Waals surface area contributed by atoms with Gasteiger partial charge >= 0.3 is 0 Å². The first kappa shape index (κ1) is 24.3. The minimum atomic E-state index is -0.567. The summed E-state index contributed by atoms with van der Waals surface area (Å²) in [5, 5.41) is 3.65. The average molecular weight is 460 g/mol. The first-order chi connectivity index (χ1) is 13.6. The Balaban J connectivity index is 2.10. The van der Waals surface area contributed by atoms with Crippen LogP contribution in [-0.4, -0.2) is 71.4 Å². The molecule has 29 heavy (non-hydrogen) atoms. The fraction of sp³-hybridized carbons (Fsp3) is 0.619. The van der Waals surface area contributed by atoms with Gasteiger partial charge in [-0.25, -0.2) is 0 Å². The molecule has 2 amide bonds. The molecular formula is C21H31Cl2N3O2S. The van der Waals surface area contributed by atoms with Crippen molar-refractivity contribution in [3.8, 4) is 0 Å². The second-order valence-corrected chi connectivity index (χ2v) is 10.1. The molecule has 2 rings (SSSR count). The van der Waals surface area contributed by atoms with Crippen molar-refractivity contribution in [3.05, 3.63) is 33.8 Å². The maximum absolute atomic E-state index is 13.2. The van der Waals surface area contributed by atoms with Crippen molar-refractivity contribution >= 4 is 46.8 Å². The quantitative estimate of drug-likeness (QED) is 0.692. The summed E-state index contributed by atoms with van der Waals surface area (Å²) in [5.74, 6) is 0.415. The molecule has 1 atom stereocenters. The monoisotopic (exact) mass is 459 g/mol. The Morgan fingerprint density at radius 3 is 2.52 bits per heavy atom. The predicted octanol–water partition coefficient (Wildman–Crippen LogP) is 4.18. The van der Waals surface area contributed by atoms with Gasteiger partial charge < -0.3 is 10.2 Å². The highest BCUT2D eigenvalue weighted by atomic mass is 35.5. The van der Waals surface area contributed by atoms with Gasteiger partial charge in [0.05, 0.1) is 10.6 Å². The lowest BCUT2D eigenvalue weighted by Gasteiger charge is -2.34. The van der Waals surface area contributed by atoms with Crippen molar-refractivity contribution in [2.45, 2.75) is 45.2 Å². The van der Waals surface area contributed by atoms with Crippen LogP contribution in [0.4, 0.5) is 0 Å². The molecule has 1 N–H and O–H groups in total. The Morgan fingerprint density at radius 2 is 1.90 bits per heavy atom. The maximum Gasteiger partial charge on any atom is 0.253 e. The van der Waals surface area contributed by atoms with Gasteiger partial charge in [0, 0.05) is 36.7 Å². The third-order valence-corrected chi connectivity index (χ3v) is 6.34.